The van der Waals surface area contributed by atoms with Crippen LogP contribution in [0.15, 0.2) is 29.2 Å². The molecule has 1 aromatic carbocycles. The highest BCUT2D eigenvalue weighted by molar-refractivity contribution is 7.89. The van der Waals surface area contributed by atoms with Crippen molar-refractivity contribution in [1.82, 2.24) is 4.72 Å². The van der Waals surface area contributed by atoms with Crippen molar-refractivity contribution in [3.05, 3.63) is 24.3 Å². The molecule has 108 valence electrons. The van der Waals surface area contributed by atoms with Crippen LogP contribution >= 0.6 is 0 Å². The molecule has 0 radical (unpaired) electrons. The van der Waals surface area contributed by atoms with Gasteiger partial charge in [-0.2, -0.15) is 0 Å². The van der Waals surface area contributed by atoms with Gasteiger partial charge in [-0.1, -0.05) is 26.0 Å². The highest BCUT2D eigenvalue weighted by atomic mass is 32.2. The average molecular weight is 284 g/mol. The summed E-state index contributed by atoms with van der Waals surface area (Å²) < 4.78 is 27.1. The Bertz CT molecular complexity index is 510. The number of hydrogen-bond donors (Lipinski definition) is 2. The van der Waals surface area contributed by atoms with E-state index in [0.29, 0.717) is 17.1 Å². The van der Waals surface area contributed by atoms with Gasteiger partial charge in [-0.05, 0) is 38.8 Å². The molecule has 4 nitrogen and oxygen atoms in total. The van der Waals surface area contributed by atoms with Crippen LogP contribution in [-0.2, 0) is 10.0 Å². The largest absolute Gasteiger partial charge is 0.379 e. The van der Waals surface area contributed by atoms with Crippen LogP contribution in [0.1, 0.15) is 40.5 Å². The fraction of sp³-hybridized carbons (Fsp3) is 0.571. The summed E-state index contributed by atoms with van der Waals surface area (Å²) in [5, 5.41) is 3.30. The molecule has 0 heterocycles. The van der Waals surface area contributed by atoms with Crippen molar-refractivity contribution < 1.29 is 8.42 Å². The lowest BCUT2D eigenvalue weighted by atomic mass is 10.0. The molecule has 0 aromatic heterocycles. The van der Waals surface area contributed by atoms with Crippen molar-refractivity contribution in [2.75, 3.05) is 11.9 Å². The molecule has 0 spiro atoms. The summed E-state index contributed by atoms with van der Waals surface area (Å²) in [4.78, 5) is 0.310. The van der Waals surface area contributed by atoms with E-state index in [-0.39, 0.29) is 5.54 Å². The van der Waals surface area contributed by atoms with E-state index in [1.165, 1.54) is 0 Å². The topological polar surface area (TPSA) is 58.2 Å². The smallest absolute Gasteiger partial charge is 0.242 e. The zero-order chi connectivity index (χ0) is 14.5. The van der Waals surface area contributed by atoms with E-state index in [1.54, 1.807) is 18.2 Å². The number of benzene rings is 1. The van der Waals surface area contributed by atoms with Crippen molar-refractivity contribution in [1.29, 1.82) is 0 Å². The lowest BCUT2D eigenvalue weighted by Crippen LogP contribution is -2.32. The van der Waals surface area contributed by atoms with Crippen LogP contribution in [-0.4, -0.2) is 20.5 Å². The molecule has 0 bridgehead atoms. The molecular weight excluding hydrogens is 260 g/mol. The minimum Gasteiger partial charge on any atom is -0.379 e. The summed E-state index contributed by atoms with van der Waals surface area (Å²) in [5.41, 5.74) is 0.508. The molecule has 0 aliphatic rings. The quantitative estimate of drug-likeness (QED) is 0.809. The van der Waals surface area contributed by atoms with Gasteiger partial charge in [-0.15, -0.1) is 0 Å². The van der Waals surface area contributed by atoms with Crippen LogP contribution in [0, 0.1) is 0 Å². The number of sulfonamides is 1. The van der Waals surface area contributed by atoms with Crippen LogP contribution in [0.5, 0.6) is 0 Å². The summed E-state index contributed by atoms with van der Waals surface area (Å²) in [6, 6.07) is 7.02. The van der Waals surface area contributed by atoms with Gasteiger partial charge in [0.25, 0.3) is 0 Å². The highest BCUT2D eigenvalue weighted by Gasteiger charge is 2.21. The van der Waals surface area contributed by atoms with E-state index in [0.717, 1.165) is 12.8 Å². The third kappa shape index (κ3) is 4.51. The zero-order valence-corrected chi connectivity index (χ0v) is 13.0. The molecule has 1 aromatic rings. The van der Waals surface area contributed by atoms with Crippen molar-refractivity contribution >= 4 is 15.7 Å². The second-order valence-electron chi connectivity index (χ2n) is 5.26. The van der Waals surface area contributed by atoms with E-state index in [9.17, 15) is 8.42 Å². The van der Waals surface area contributed by atoms with Gasteiger partial charge in [-0.25, -0.2) is 13.1 Å². The maximum Gasteiger partial charge on any atom is 0.242 e. The number of hydrogen-bond acceptors (Lipinski definition) is 3. The number of anilines is 1. The van der Waals surface area contributed by atoms with Crippen LogP contribution < -0.4 is 10.0 Å². The Morgan fingerprint density at radius 3 is 2.37 bits per heavy atom. The maximum absolute atomic E-state index is 12.2. The Morgan fingerprint density at radius 2 is 1.79 bits per heavy atom. The molecule has 19 heavy (non-hydrogen) atoms. The van der Waals surface area contributed by atoms with Crippen LogP contribution in [0.4, 0.5) is 5.69 Å². The van der Waals surface area contributed by atoms with E-state index < -0.39 is 10.0 Å². The van der Waals surface area contributed by atoms with E-state index in [4.69, 9.17) is 0 Å². The summed E-state index contributed by atoms with van der Waals surface area (Å²) in [6.07, 6.45) is 1.68. The summed E-state index contributed by atoms with van der Waals surface area (Å²) in [7, 11) is -3.45. The van der Waals surface area contributed by atoms with E-state index in [2.05, 4.69) is 30.8 Å². The van der Waals surface area contributed by atoms with E-state index >= 15 is 0 Å². The van der Waals surface area contributed by atoms with Gasteiger partial charge in [0.1, 0.15) is 4.90 Å². The third-order valence-electron chi connectivity index (χ3n) is 3.08. The van der Waals surface area contributed by atoms with Crippen LogP contribution in [0.3, 0.4) is 0 Å². The highest BCUT2D eigenvalue weighted by Crippen LogP contribution is 2.25. The SMILES string of the molecule is CCCNS(=O)(=O)c1ccccc1NC(C)(C)CC. The summed E-state index contributed by atoms with van der Waals surface area (Å²) in [6.45, 7) is 8.56. The molecule has 0 aliphatic carbocycles. The van der Waals surface area contributed by atoms with Crippen LogP contribution in [0.25, 0.3) is 0 Å². The van der Waals surface area contributed by atoms with Gasteiger partial charge >= 0.3 is 0 Å². The van der Waals surface area contributed by atoms with Gasteiger partial charge in [0, 0.05) is 12.1 Å². The maximum atomic E-state index is 12.2. The number of nitrogens with one attached hydrogen (secondary N) is 2. The lowest BCUT2D eigenvalue weighted by molar-refractivity contribution is 0.544. The molecule has 1 rings (SSSR count). The minimum absolute atomic E-state index is 0.142. The second-order valence-corrected chi connectivity index (χ2v) is 6.99. The molecule has 0 atom stereocenters. The minimum atomic E-state index is -3.45. The van der Waals surface area contributed by atoms with Crippen LogP contribution in [0.2, 0.25) is 0 Å². The Morgan fingerprint density at radius 1 is 1.16 bits per heavy atom. The third-order valence-corrected chi connectivity index (χ3v) is 4.59. The van der Waals surface area contributed by atoms with Gasteiger partial charge in [0.05, 0.1) is 5.69 Å². The first kappa shape index (κ1) is 16.0. The molecule has 0 unspecified atom stereocenters. The Balaban J connectivity index is 3.09. The summed E-state index contributed by atoms with van der Waals surface area (Å²) >= 11 is 0. The zero-order valence-electron chi connectivity index (χ0n) is 12.2. The van der Waals surface area contributed by atoms with Crippen molar-refractivity contribution in [3.63, 3.8) is 0 Å². The van der Waals surface area contributed by atoms with Crippen molar-refractivity contribution in [2.24, 2.45) is 0 Å². The standard InChI is InChI=1S/C14H24N2O2S/c1-5-11-15-19(17,18)13-10-8-7-9-12(13)16-14(3,4)6-2/h7-10,15-16H,5-6,11H2,1-4H3. The first-order chi connectivity index (χ1) is 8.82. The van der Waals surface area contributed by atoms with Gasteiger partial charge in [0.15, 0.2) is 0 Å². The molecule has 2 N–H and O–H groups in total. The fourth-order valence-electron chi connectivity index (χ4n) is 1.57. The van der Waals surface area contributed by atoms with Gasteiger partial charge in [-0.3, -0.25) is 0 Å². The molecule has 0 saturated heterocycles. The monoisotopic (exact) mass is 284 g/mol. The summed E-state index contributed by atoms with van der Waals surface area (Å²) in [5.74, 6) is 0. The van der Waals surface area contributed by atoms with E-state index in [1.807, 2.05) is 13.0 Å². The van der Waals surface area contributed by atoms with Crippen molar-refractivity contribution in [3.8, 4) is 0 Å². The Kier molecular flexibility index (Phi) is 5.38. The second kappa shape index (κ2) is 6.39. The Labute approximate surface area is 116 Å². The Hall–Kier alpha value is -1.07. The van der Waals surface area contributed by atoms with Gasteiger partial charge < -0.3 is 5.32 Å². The normalized spacial score (nSPS) is 12.4. The molecule has 0 saturated carbocycles. The van der Waals surface area contributed by atoms with Crippen molar-refractivity contribution in [2.45, 2.75) is 51.0 Å². The lowest BCUT2D eigenvalue weighted by Gasteiger charge is -2.27. The predicted molar refractivity (Wildman–Crippen MR) is 79.9 cm³/mol. The molecule has 0 aliphatic heterocycles. The van der Waals surface area contributed by atoms with Gasteiger partial charge in [0.2, 0.25) is 10.0 Å². The number of para-hydroxylation sites is 1. The predicted octanol–water partition coefficient (Wildman–Crippen LogP) is 2.98. The number of rotatable bonds is 7. The molecule has 0 fully saturated rings. The molecular formula is C14H24N2O2S. The average Bonchev–Trinajstić information content (AvgIpc) is 2.36. The fourth-order valence-corrected chi connectivity index (χ4v) is 2.87. The molecule has 5 heteroatoms. The first-order valence-corrected chi connectivity index (χ1v) is 8.17. The first-order valence-electron chi connectivity index (χ1n) is 6.69. The molecule has 0 amide bonds.